The van der Waals surface area contributed by atoms with Gasteiger partial charge in [-0.25, -0.2) is 4.79 Å². The van der Waals surface area contributed by atoms with Crippen LogP contribution in [0, 0.1) is 0 Å². The molecule has 4 nitrogen and oxygen atoms in total. The van der Waals surface area contributed by atoms with Crippen molar-refractivity contribution in [3.05, 3.63) is 35.4 Å². The lowest BCUT2D eigenvalue weighted by Gasteiger charge is -2.20. The van der Waals surface area contributed by atoms with Gasteiger partial charge in [-0.1, -0.05) is 24.3 Å². The molecule has 0 heterocycles. The minimum absolute atomic E-state index is 0.00308. The Balaban J connectivity index is 2.63. The highest BCUT2D eigenvalue weighted by molar-refractivity contribution is 5.74. The van der Waals surface area contributed by atoms with Gasteiger partial charge in [0.15, 0.2) is 0 Å². The molecule has 0 aliphatic carbocycles. The zero-order valence-corrected chi connectivity index (χ0v) is 10.7. The van der Waals surface area contributed by atoms with E-state index in [1.165, 1.54) is 0 Å². The van der Waals surface area contributed by atoms with Crippen LogP contribution < -0.4 is 11.1 Å². The van der Waals surface area contributed by atoms with E-state index in [1.54, 1.807) is 11.9 Å². The highest BCUT2D eigenvalue weighted by Gasteiger charge is 2.11. The van der Waals surface area contributed by atoms with Crippen LogP contribution in [0.2, 0.25) is 0 Å². The summed E-state index contributed by atoms with van der Waals surface area (Å²) in [6.45, 7) is 5.16. The molecule has 1 aromatic rings. The van der Waals surface area contributed by atoms with E-state index in [9.17, 15) is 4.79 Å². The molecule has 94 valence electrons. The normalized spacial score (nSPS) is 12.0. The quantitative estimate of drug-likeness (QED) is 0.837. The molecule has 0 bridgehead atoms. The van der Waals surface area contributed by atoms with Crippen molar-refractivity contribution in [1.29, 1.82) is 0 Å². The zero-order chi connectivity index (χ0) is 12.8. The standard InChI is InChI=1S/C13H21N3O/c1-4-16(3)13(17)15-10(2)12-7-5-11(9-14)6-8-12/h5-8,10H,4,9,14H2,1-3H3,(H,15,17). The van der Waals surface area contributed by atoms with Crippen molar-refractivity contribution in [3.63, 3.8) is 0 Å². The van der Waals surface area contributed by atoms with Crippen LogP contribution in [0.25, 0.3) is 0 Å². The Kier molecular flexibility index (Phi) is 4.97. The SMILES string of the molecule is CCN(C)C(=O)NC(C)c1ccc(CN)cc1. The minimum atomic E-state index is -0.0529. The van der Waals surface area contributed by atoms with Gasteiger partial charge in [-0.3, -0.25) is 0 Å². The second-order valence-corrected chi connectivity index (χ2v) is 4.13. The summed E-state index contributed by atoms with van der Waals surface area (Å²) in [6.07, 6.45) is 0. The lowest BCUT2D eigenvalue weighted by molar-refractivity contribution is 0.208. The van der Waals surface area contributed by atoms with Gasteiger partial charge in [0, 0.05) is 20.1 Å². The second kappa shape index (κ2) is 6.25. The number of carbonyl (C=O) groups is 1. The molecule has 1 rings (SSSR count). The van der Waals surface area contributed by atoms with Crippen molar-refractivity contribution < 1.29 is 4.79 Å². The number of urea groups is 1. The van der Waals surface area contributed by atoms with Gasteiger partial charge >= 0.3 is 6.03 Å². The average molecular weight is 235 g/mol. The Morgan fingerprint density at radius 3 is 2.47 bits per heavy atom. The number of amides is 2. The fourth-order valence-corrected chi connectivity index (χ4v) is 1.46. The molecule has 1 aromatic carbocycles. The van der Waals surface area contributed by atoms with Crippen LogP contribution in [0.1, 0.15) is 31.0 Å². The maximum atomic E-state index is 11.7. The number of nitrogens with one attached hydrogen (secondary N) is 1. The van der Waals surface area contributed by atoms with Crippen LogP contribution in [0.5, 0.6) is 0 Å². The fraction of sp³-hybridized carbons (Fsp3) is 0.462. The van der Waals surface area contributed by atoms with Crippen molar-refractivity contribution in [1.82, 2.24) is 10.2 Å². The van der Waals surface area contributed by atoms with E-state index in [0.717, 1.165) is 11.1 Å². The average Bonchev–Trinajstić information content (AvgIpc) is 2.37. The molecular weight excluding hydrogens is 214 g/mol. The molecule has 0 saturated heterocycles. The predicted octanol–water partition coefficient (Wildman–Crippen LogP) is 1.87. The van der Waals surface area contributed by atoms with Gasteiger partial charge in [-0.05, 0) is 25.0 Å². The fourth-order valence-electron chi connectivity index (χ4n) is 1.46. The predicted molar refractivity (Wildman–Crippen MR) is 69.6 cm³/mol. The molecule has 0 radical (unpaired) electrons. The van der Waals surface area contributed by atoms with E-state index in [0.29, 0.717) is 13.1 Å². The number of rotatable bonds is 4. The number of nitrogens with zero attached hydrogens (tertiary/aromatic N) is 1. The maximum Gasteiger partial charge on any atom is 0.317 e. The Labute approximate surface area is 103 Å². The molecule has 0 aromatic heterocycles. The van der Waals surface area contributed by atoms with Crippen LogP contribution in [0.4, 0.5) is 4.79 Å². The first kappa shape index (κ1) is 13.5. The number of benzene rings is 1. The summed E-state index contributed by atoms with van der Waals surface area (Å²) in [7, 11) is 1.78. The van der Waals surface area contributed by atoms with Crippen LogP contribution in [-0.4, -0.2) is 24.5 Å². The molecule has 0 fully saturated rings. The van der Waals surface area contributed by atoms with Crippen LogP contribution >= 0.6 is 0 Å². The van der Waals surface area contributed by atoms with E-state index in [-0.39, 0.29) is 12.1 Å². The van der Waals surface area contributed by atoms with Gasteiger partial charge in [-0.15, -0.1) is 0 Å². The molecule has 2 amide bonds. The monoisotopic (exact) mass is 235 g/mol. The summed E-state index contributed by atoms with van der Waals surface area (Å²) in [5.74, 6) is 0. The van der Waals surface area contributed by atoms with Crippen molar-refractivity contribution in [2.24, 2.45) is 5.73 Å². The summed E-state index contributed by atoms with van der Waals surface area (Å²) in [4.78, 5) is 13.3. The van der Waals surface area contributed by atoms with Gasteiger partial charge in [0.05, 0.1) is 6.04 Å². The third kappa shape index (κ3) is 3.75. The van der Waals surface area contributed by atoms with Crippen LogP contribution in [0.15, 0.2) is 24.3 Å². The molecule has 0 aliphatic rings. The highest BCUT2D eigenvalue weighted by Crippen LogP contribution is 2.13. The van der Waals surface area contributed by atoms with Crippen molar-refractivity contribution >= 4 is 6.03 Å². The van der Waals surface area contributed by atoms with Gasteiger partial charge in [0.2, 0.25) is 0 Å². The molecular formula is C13H21N3O. The Hall–Kier alpha value is -1.55. The van der Waals surface area contributed by atoms with E-state index in [1.807, 2.05) is 38.1 Å². The van der Waals surface area contributed by atoms with Gasteiger partial charge in [0.1, 0.15) is 0 Å². The van der Waals surface area contributed by atoms with E-state index in [4.69, 9.17) is 5.73 Å². The van der Waals surface area contributed by atoms with Crippen molar-refractivity contribution in [2.45, 2.75) is 26.4 Å². The second-order valence-electron chi connectivity index (χ2n) is 4.13. The van der Waals surface area contributed by atoms with E-state index < -0.39 is 0 Å². The number of hydrogen-bond acceptors (Lipinski definition) is 2. The lowest BCUT2D eigenvalue weighted by Crippen LogP contribution is -2.38. The first-order chi connectivity index (χ1) is 8.08. The molecule has 1 unspecified atom stereocenters. The number of carbonyl (C=O) groups excluding carboxylic acids is 1. The minimum Gasteiger partial charge on any atom is -0.331 e. The van der Waals surface area contributed by atoms with Crippen molar-refractivity contribution in [2.75, 3.05) is 13.6 Å². The molecule has 0 saturated carbocycles. The van der Waals surface area contributed by atoms with Crippen LogP contribution in [0.3, 0.4) is 0 Å². The molecule has 17 heavy (non-hydrogen) atoms. The number of hydrogen-bond donors (Lipinski definition) is 2. The van der Waals surface area contributed by atoms with Crippen LogP contribution in [-0.2, 0) is 6.54 Å². The molecule has 1 atom stereocenters. The summed E-state index contributed by atoms with van der Waals surface area (Å²) in [5.41, 5.74) is 7.72. The number of nitrogens with two attached hydrogens (primary N) is 1. The largest absolute Gasteiger partial charge is 0.331 e. The zero-order valence-electron chi connectivity index (χ0n) is 10.7. The summed E-state index contributed by atoms with van der Waals surface area (Å²) < 4.78 is 0. The highest BCUT2D eigenvalue weighted by atomic mass is 16.2. The smallest absolute Gasteiger partial charge is 0.317 e. The first-order valence-corrected chi connectivity index (χ1v) is 5.89. The first-order valence-electron chi connectivity index (χ1n) is 5.89. The Morgan fingerprint density at radius 2 is 2.00 bits per heavy atom. The third-order valence-electron chi connectivity index (χ3n) is 2.88. The Morgan fingerprint density at radius 1 is 1.41 bits per heavy atom. The van der Waals surface area contributed by atoms with Crippen molar-refractivity contribution in [3.8, 4) is 0 Å². The summed E-state index contributed by atoms with van der Waals surface area (Å²) >= 11 is 0. The molecule has 0 spiro atoms. The Bertz CT molecular complexity index is 361. The molecule has 4 heteroatoms. The van der Waals surface area contributed by atoms with Gasteiger partial charge < -0.3 is 16.0 Å². The topological polar surface area (TPSA) is 58.4 Å². The summed E-state index contributed by atoms with van der Waals surface area (Å²) in [6, 6.07) is 7.92. The maximum absolute atomic E-state index is 11.7. The lowest BCUT2D eigenvalue weighted by atomic mass is 10.1. The third-order valence-corrected chi connectivity index (χ3v) is 2.88. The van der Waals surface area contributed by atoms with E-state index in [2.05, 4.69) is 5.32 Å². The van der Waals surface area contributed by atoms with Gasteiger partial charge in [0.25, 0.3) is 0 Å². The van der Waals surface area contributed by atoms with Gasteiger partial charge in [-0.2, -0.15) is 0 Å². The summed E-state index contributed by atoms with van der Waals surface area (Å²) in [5, 5.41) is 2.94. The molecule has 3 N–H and O–H groups in total. The van der Waals surface area contributed by atoms with E-state index >= 15 is 0 Å². The molecule has 0 aliphatic heterocycles.